The Labute approximate surface area is 170 Å². The van der Waals surface area contributed by atoms with Crippen LogP contribution in [0.1, 0.15) is 25.7 Å². The second-order valence-corrected chi connectivity index (χ2v) is 13.0. The zero-order valence-electron chi connectivity index (χ0n) is 17.3. The third-order valence-corrected chi connectivity index (χ3v) is 7.96. The molecule has 2 heterocycles. The van der Waals surface area contributed by atoms with Crippen molar-refractivity contribution < 1.29 is 26.7 Å². The van der Waals surface area contributed by atoms with Gasteiger partial charge in [0, 0.05) is 51.1 Å². The van der Waals surface area contributed by atoms with Crippen LogP contribution < -0.4 is 0 Å². The van der Waals surface area contributed by atoms with Crippen LogP contribution in [0.3, 0.4) is 0 Å². The highest BCUT2D eigenvalue weighted by Crippen LogP contribution is 2.39. The van der Waals surface area contributed by atoms with E-state index in [1.165, 1.54) is 19.6 Å². The lowest BCUT2D eigenvalue weighted by molar-refractivity contribution is -0.300. The van der Waals surface area contributed by atoms with Gasteiger partial charge in [-0.3, -0.25) is 0 Å². The maximum absolute atomic E-state index is 13.7. The summed E-state index contributed by atoms with van der Waals surface area (Å²) in [6.45, 7) is 3.76. The van der Waals surface area contributed by atoms with Gasteiger partial charge in [0.15, 0.2) is 0 Å². The number of ether oxygens (including phenoxy) is 1. The van der Waals surface area contributed by atoms with Crippen LogP contribution in [0.4, 0.5) is 0 Å². The van der Waals surface area contributed by atoms with Gasteiger partial charge in [0.05, 0.1) is 11.5 Å². The standard InChI is InChI=1S/C18H35N2O6S2/c1-26-18(21,16-6-9-19(10-7-16)11-13-27(2,22)23)17-5-4-8-20(15-17)12-14-28(3,24)25/h16-17H,4-15H2,1-3H3. The summed E-state index contributed by atoms with van der Waals surface area (Å²) in [4.78, 5) is 4.18. The van der Waals surface area contributed by atoms with Gasteiger partial charge in [-0.1, -0.05) is 0 Å². The third-order valence-electron chi connectivity index (χ3n) is 6.11. The monoisotopic (exact) mass is 439 g/mol. The summed E-state index contributed by atoms with van der Waals surface area (Å²) in [6.07, 6.45) is 5.53. The lowest BCUT2D eigenvalue weighted by Gasteiger charge is -2.46. The van der Waals surface area contributed by atoms with E-state index in [-0.39, 0.29) is 23.3 Å². The van der Waals surface area contributed by atoms with Crippen LogP contribution in [0.5, 0.6) is 0 Å². The first kappa shape index (κ1) is 24.0. The highest BCUT2D eigenvalue weighted by Gasteiger charge is 2.48. The maximum atomic E-state index is 13.7. The summed E-state index contributed by atoms with van der Waals surface area (Å²) in [5, 5.41) is 13.7. The topological polar surface area (TPSA) is 104 Å². The molecule has 165 valence electrons. The molecule has 2 rings (SSSR count). The van der Waals surface area contributed by atoms with E-state index in [2.05, 4.69) is 9.80 Å². The van der Waals surface area contributed by atoms with Crippen LogP contribution in [0.2, 0.25) is 0 Å². The predicted molar refractivity (Wildman–Crippen MR) is 108 cm³/mol. The summed E-state index contributed by atoms with van der Waals surface area (Å²) in [5.74, 6) is -1.52. The molecule has 10 heteroatoms. The molecule has 0 amide bonds. The van der Waals surface area contributed by atoms with Gasteiger partial charge < -0.3 is 14.5 Å². The van der Waals surface area contributed by atoms with Gasteiger partial charge in [0.2, 0.25) is 5.79 Å². The van der Waals surface area contributed by atoms with Crippen LogP contribution in [0, 0.1) is 11.8 Å². The van der Waals surface area contributed by atoms with Crippen LogP contribution in [0.25, 0.3) is 0 Å². The molecular formula is C18H35N2O6S2. The zero-order valence-corrected chi connectivity index (χ0v) is 18.9. The first-order chi connectivity index (χ1) is 12.9. The summed E-state index contributed by atoms with van der Waals surface area (Å²) in [7, 11) is -4.53. The minimum absolute atomic E-state index is 0.108. The fourth-order valence-corrected chi connectivity index (χ4v) is 5.58. The largest absolute Gasteiger partial charge is 0.350 e. The van der Waals surface area contributed by atoms with Gasteiger partial charge in [-0.2, -0.15) is 5.11 Å². The Bertz CT molecular complexity index is 704. The molecule has 2 aliphatic heterocycles. The summed E-state index contributed by atoms with van der Waals surface area (Å²) >= 11 is 0. The van der Waals surface area contributed by atoms with E-state index in [1.54, 1.807) is 0 Å². The predicted octanol–water partition coefficient (Wildman–Crippen LogP) is 0.273. The van der Waals surface area contributed by atoms with Gasteiger partial charge >= 0.3 is 0 Å². The number of hydrogen-bond donors (Lipinski definition) is 0. The third kappa shape index (κ3) is 7.21. The van der Waals surface area contributed by atoms with Crippen LogP contribution in [-0.4, -0.2) is 103 Å². The fourth-order valence-electron chi connectivity index (χ4n) is 4.40. The highest BCUT2D eigenvalue weighted by molar-refractivity contribution is 7.90. The summed E-state index contributed by atoms with van der Waals surface area (Å²) in [6, 6.07) is 0. The lowest BCUT2D eigenvalue weighted by Crippen LogP contribution is -2.55. The quantitative estimate of drug-likeness (QED) is 0.475. The normalized spacial score (nSPS) is 26.2. The second kappa shape index (κ2) is 9.70. The van der Waals surface area contributed by atoms with Crippen molar-refractivity contribution in [3.63, 3.8) is 0 Å². The average Bonchev–Trinajstić information content (AvgIpc) is 2.63. The summed E-state index contributed by atoms with van der Waals surface area (Å²) in [5.41, 5.74) is 0. The smallest absolute Gasteiger partial charge is 0.208 e. The van der Waals surface area contributed by atoms with Crippen molar-refractivity contribution >= 4 is 19.7 Å². The van der Waals surface area contributed by atoms with Gasteiger partial charge in [-0.25, -0.2) is 16.8 Å². The molecule has 0 aromatic rings. The minimum Gasteiger partial charge on any atom is -0.350 e. The number of methoxy groups -OCH3 is 1. The molecule has 2 atom stereocenters. The van der Waals surface area contributed by atoms with E-state index in [4.69, 9.17) is 4.74 Å². The Morgan fingerprint density at radius 3 is 1.89 bits per heavy atom. The van der Waals surface area contributed by atoms with Crippen molar-refractivity contribution in [2.24, 2.45) is 11.8 Å². The van der Waals surface area contributed by atoms with E-state index in [0.29, 0.717) is 45.6 Å². The molecular weight excluding hydrogens is 404 g/mol. The number of likely N-dealkylation sites (tertiary alicyclic amines) is 2. The Hall–Kier alpha value is -0.260. The molecule has 2 saturated heterocycles. The van der Waals surface area contributed by atoms with E-state index in [9.17, 15) is 21.9 Å². The van der Waals surface area contributed by atoms with Gasteiger partial charge in [0.25, 0.3) is 0 Å². The first-order valence-electron chi connectivity index (χ1n) is 9.98. The molecule has 28 heavy (non-hydrogen) atoms. The molecule has 2 aliphatic rings. The van der Waals surface area contributed by atoms with Gasteiger partial charge in [-0.05, 0) is 45.3 Å². The molecule has 8 nitrogen and oxygen atoms in total. The Balaban J connectivity index is 1.93. The highest BCUT2D eigenvalue weighted by atomic mass is 32.2. The zero-order chi connectivity index (χ0) is 21.0. The molecule has 0 aliphatic carbocycles. The number of piperidine rings is 2. The van der Waals surface area contributed by atoms with E-state index < -0.39 is 25.5 Å². The average molecular weight is 440 g/mol. The maximum Gasteiger partial charge on any atom is 0.208 e. The van der Waals surface area contributed by atoms with Crippen molar-refractivity contribution in [1.82, 2.24) is 9.80 Å². The van der Waals surface area contributed by atoms with Crippen molar-refractivity contribution in [1.29, 1.82) is 0 Å². The molecule has 2 unspecified atom stereocenters. The minimum atomic E-state index is -3.02. The second-order valence-electron chi connectivity index (χ2n) is 8.44. The molecule has 1 radical (unpaired) electrons. The number of sulfone groups is 2. The van der Waals surface area contributed by atoms with Crippen LogP contribution in [0.15, 0.2) is 0 Å². The Morgan fingerprint density at radius 1 is 0.857 bits per heavy atom. The van der Waals surface area contributed by atoms with Crippen molar-refractivity contribution in [3.05, 3.63) is 0 Å². The van der Waals surface area contributed by atoms with E-state index >= 15 is 0 Å². The lowest BCUT2D eigenvalue weighted by atomic mass is 9.77. The first-order valence-corrected chi connectivity index (χ1v) is 14.1. The van der Waals surface area contributed by atoms with Crippen molar-refractivity contribution in [2.75, 3.05) is 70.4 Å². The van der Waals surface area contributed by atoms with E-state index in [0.717, 1.165) is 19.4 Å². The van der Waals surface area contributed by atoms with Crippen LogP contribution in [-0.2, 0) is 29.5 Å². The van der Waals surface area contributed by atoms with E-state index in [1.807, 2.05) is 0 Å². The number of rotatable bonds is 9. The van der Waals surface area contributed by atoms with Gasteiger partial charge in [-0.15, -0.1) is 0 Å². The van der Waals surface area contributed by atoms with Crippen LogP contribution >= 0.6 is 0 Å². The molecule has 0 saturated carbocycles. The molecule has 0 aromatic heterocycles. The number of nitrogens with zero attached hydrogens (tertiary/aromatic N) is 2. The molecule has 2 fully saturated rings. The molecule has 0 spiro atoms. The Kier molecular flexibility index (Phi) is 8.32. The SMILES string of the molecule is COC([O])(C1CCN(CCS(C)(=O)=O)CC1)C1CCCN(CCS(C)(=O)=O)C1. The Morgan fingerprint density at radius 2 is 1.39 bits per heavy atom. The van der Waals surface area contributed by atoms with Crippen molar-refractivity contribution in [2.45, 2.75) is 31.5 Å². The summed E-state index contributed by atoms with van der Waals surface area (Å²) < 4.78 is 51.2. The van der Waals surface area contributed by atoms with Gasteiger partial charge in [0.1, 0.15) is 19.7 Å². The molecule has 0 aromatic carbocycles. The number of hydrogen-bond acceptors (Lipinski definition) is 7. The molecule has 0 N–H and O–H groups in total. The van der Waals surface area contributed by atoms with Crippen molar-refractivity contribution in [3.8, 4) is 0 Å². The molecule has 0 bridgehead atoms. The fraction of sp³-hybridized carbons (Fsp3) is 1.00.